The third-order valence-electron chi connectivity index (χ3n) is 11.2. The fourth-order valence-electron chi connectivity index (χ4n) is 8.22. The molecular weight excluding hydrogens is 913 g/mol. The molecule has 1 aromatic carbocycles. The lowest BCUT2D eigenvalue weighted by Crippen LogP contribution is -2.50. The van der Waals surface area contributed by atoms with Crippen molar-refractivity contribution < 1.29 is 57.3 Å². The standard InChI is InChI=1S/C17H25NO3.C11H8Cl2O3.C11H9ClO3.C11H10O3/c1-13(2)18(14(3)19)16(12-21-4)17(20)11-10-15-8-6-5-7-9-15;12-7-1-6-2-8(16-5-14)4-10(15)11(6)9(13)3-7;12-8-1-2-10-7(3-8)4-9(15-6-13)5-11(10)14;12-7-14-9-5-8-3-1-2-4-10(8)11(13)6-9/h5-9,13,16H,10-12H2,1-4H3;1,3-6,11H,2H2;1-3,5-7,10H,4H2;1-4,6-8,10H,5H2/t16-;;;/m1.../s1. The minimum Gasteiger partial charge on any atom is -0.433 e. The number of halogens is 3. The van der Waals surface area contributed by atoms with E-state index in [1.165, 1.54) is 25.2 Å². The second-order valence-corrected chi connectivity index (χ2v) is 17.3. The fourth-order valence-corrected chi connectivity index (χ4v) is 9.17. The van der Waals surface area contributed by atoms with E-state index in [1.54, 1.807) is 36.3 Å². The van der Waals surface area contributed by atoms with Crippen molar-refractivity contribution in [2.45, 2.75) is 65.0 Å². The molecule has 0 N–H and O–H groups in total. The lowest BCUT2D eigenvalue weighted by Gasteiger charge is -2.33. The SMILES string of the molecule is COC[C@H](C(=O)CCc1ccccc1)N(C(C)=O)C(C)C.O=COC1=CC(=O)C2C(Cl)=CC(Cl)=CC2C1.O=COC1=CC(=O)C2C=CC(Cl)=CC2C1.O=COC1=CC(=O)C2C=CC=CC2C1. The van der Waals surface area contributed by atoms with Crippen LogP contribution in [0.25, 0.3) is 0 Å². The van der Waals surface area contributed by atoms with E-state index in [-0.39, 0.29) is 77.2 Å². The highest BCUT2D eigenvalue weighted by molar-refractivity contribution is 6.36. The number of allylic oxidation sites excluding steroid dienone is 18. The molecule has 7 atom stereocenters. The summed E-state index contributed by atoms with van der Waals surface area (Å²) in [5.74, 6) is 0.401. The van der Waals surface area contributed by atoms with E-state index in [1.807, 2.05) is 74.6 Å². The number of hydrogen-bond donors (Lipinski definition) is 0. The second-order valence-electron chi connectivity index (χ2n) is 16.0. The molecule has 0 aliphatic heterocycles. The molecule has 6 aliphatic rings. The van der Waals surface area contributed by atoms with E-state index >= 15 is 0 Å². The zero-order valence-electron chi connectivity index (χ0n) is 36.9. The number of ether oxygens (including phenoxy) is 4. The van der Waals surface area contributed by atoms with Crippen LogP contribution in [0.4, 0.5) is 0 Å². The number of Topliss-reactive ketones (excluding diaryl/α,β-unsaturated/α-hetero) is 1. The van der Waals surface area contributed by atoms with Crippen molar-refractivity contribution in [3.8, 4) is 0 Å². The average Bonchev–Trinajstić information content (AvgIpc) is 3.26. The molecule has 0 spiro atoms. The molecule has 1 aromatic rings. The van der Waals surface area contributed by atoms with Crippen LogP contribution < -0.4 is 0 Å². The van der Waals surface area contributed by atoms with Crippen molar-refractivity contribution in [3.05, 3.63) is 141 Å². The largest absolute Gasteiger partial charge is 0.433 e. The van der Waals surface area contributed by atoms with Crippen LogP contribution in [0.3, 0.4) is 0 Å². The topological polar surface area (TPSA) is 177 Å². The Balaban J connectivity index is 0.000000194. The van der Waals surface area contributed by atoms with Gasteiger partial charge in [-0.3, -0.25) is 38.4 Å². The first-order valence-electron chi connectivity index (χ1n) is 21.1. The van der Waals surface area contributed by atoms with Gasteiger partial charge in [-0.15, -0.1) is 0 Å². The summed E-state index contributed by atoms with van der Waals surface area (Å²) in [4.78, 5) is 91.4. The van der Waals surface area contributed by atoms with Crippen LogP contribution >= 0.6 is 34.8 Å². The minimum absolute atomic E-state index is 0.00921. The Morgan fingerprint density at radius 3 is 1.80 bits per heavy atom. The Morgan fingerprint density at radius 2 is 1.24 bits per heavy atom. The number of hydrogen-bond acceptors (Lipinski definition) is 12. The molecule has 6 aliphatic carbocycles. The molecular formula is C50H52Cl3NO12. The van der Waals surface area contributed by atoms with Gasteiger partial charge in [-0.25, -0.2) is 0 Å². The van der Waals surface area contributed by atoms with Crippen molar-refractivity contribution in [1.29, 1.82) is 0 Å². The Hall–Kier alpha value is -5.73. The van der Waals surface area contributed by atoms with Crippen LogP contribution in [0.1, 0.15) is 52.0 Å². The normalized spacial score (nSPS) is 23.7. The maximum Gasteiger partial charge on any atom is 0.298 e. The number of nitrogens with zero attached hydrogens (tertiary/aromatic N) is 1. The van der Waals surface area contributed by atoms with Gasteiger partial charge in [0.25, 0.3) is 19.4 Å². The summed E-state index contributed by atoms with van der Waals surface area (Å²) < 4.78 is 19.2. The highest BCUT2D eigenvalue weighted by atomic mass is 35.5. The Kier molecular flexibility index (Phi) is 21.2. The van der Waals surface area contributed by atoms with Crippen LogP contribution in [0.15, 0.2) is 136 Å². The number of rotatable bonds is 14. The molecule has 0 aromatic heterocycles. The van der Waals surface area contributed by atoms with Gasteiger partial charge in [-0.1, -0.05) is 108 Å². The first-order valence-corrected chi connectivity index (χ1v) is 22.3. The van der Waals surface area contributed by atoms with Crippen molar-refractivity contribution in [2.75, 3.05) is 13.7 Å². The molecule has 6 unspecified atom stereocenters. The molecule has 7 rings (SSSR count). The smallest absolute Gasteiger partial charge is 0.298 e. The lowest BCUT2D eigenvalue weighted by atomic mass is 9.78. The monoisotopic (exact) mass is 963 g/mol. The molecule has 0 saturated heterocycles. The third kappa shape index (κ3) is 15.4. The third-order valence-corrected chi connectivity index (χ3v) is 12.0. The number of amides is 1. The molecule has 0 heterocycles. The molecule has 16 heteroatoms. The van der Waals surface area contributed by atoms with Gasteiger partial charge in [0.1, 0.15) is 23.3 Å². The average molecular weight is 965 g/mol. The quantitative estimate of drug-likeness (QED) is 0.129. The predicted octanol–water partition coefficient (Wildman–Crippen LogP) is 8.28. The number of carbonyl (C=O) groups is 8. The number of ketones is 4. The molecule has 350 valence electrons. The van der Waals surface area contributed by atoms with Gasteiger partial charge in [-0.2, -0.15) is 0 Å². The fraction of sp³-hybridized carbons (Fsp3) is 0.360. The van der Waals surface area contributed by atoms with E-state index in [0.29, 0.717) is 83.9 Å². The van der Waals surface area contributed by atoms with Crippen LogP contribution in [0.5, 0.6) is 0 Å². The summed E-state index contributed by atoms with van der Waals surface area (Å²) in [5.41, 5.74) is 1.13. The van der Waals surface area contributed by atoms with Gasteiger partial charge in [-0.05, 0) is 49.8 Å². The Bertz CT molecular complexity index is 2270. The van der Waals surface area contributed by atoms with Gasteiger partial charge >= 0.3 is 0 Å². The predicted molar refractivity (Wildman–Crippen MR) is 248 cm³/mol. The molecule has 0 bridgehead atoms. The molecule has 0 fully saturated rings. The van der Waals surface area contributed by atoms with Crippen molar-refractivity contribution in [3.63, 3.8) is 0 Å². The summed E-state index contributed by atoms with van der Waals surface area (Å²) in [5, 5.41) is 1.56. The van der Waals surface area contributed by atoms with E-state index in [2.05, 4.69) is 0 Å². The van der Waals surface area contributed by atoms with Gasteiger partial charge in [0.2, 0.25) is 5.91 Å². The number of aryl methyl sites for hydroxylation is 1. The van der Waals surface area contributed by atoms with Gasteiger partial charge < -0.3 is 23.8 Å². The van der Waals surface area contributed by atoms with Gasteiger partial charge in [0.15, 0.2) is 23.1 Å². The zero-order chi connectivity index (χ0) is 48.3. The summed E-state index contributed by atoms with van der Waals surface area (Å²) in [7, 11) is 1.55. The van der Waals surface area contributed by atoms with E-state index < -0.39 is 6.04 Å². The number of methoxy groups -OCH3 is 1. The molecule has 1 amide bonds. The molecule has 0 saturated carbocycles. The van der Waals surface area contributed by atoms with Crippen molar-refractivity contribution in [1.82, 2.24) is 4.90 Å². The summed E-state index contributed by atoms with van der Waals surface area (Å²) in [6.07, 6.45) is 23.2. The minimum atomic E-state index is -0.504. The van der Waals surface area contributed by atoms with E-state index in [4.69, 9.17) is 53.8 Å². The Morgan fingerprint density at radius 1 is 0.712 bits per heavy atom. The first kappa shape index (κ1) is 52.9. The molecule has 13 nitrogen and oxygen atoms in total. The number of benzene rings is 1. The van der Waals surface area contributed by atoms with Crippen molar-refractivity contribution >= 4 is 83.3 Å². The summed E-state index contributed by atoms with van der Waals surface area (Å²) in [6.45, 7) is 6.57. The Labute approximate surface area is 399 Å². The summed E-state index contributed by atoms with van der Waals surface area (Å²) >= 11 is 17.7. The van der Waals surface area contributed by atoms with E-state index in [9.17, 15) is 38.4 Å². The second kappa shape index (κ2) is 26.4. The molecule has 66 heavy (non-hydrogen) atoms. The zero-order valence-corrected chi connectivity index (χ0v) is 39.2. The van der Waals surface area contributed by atoms with E-state index in [0.717, 1.165) is 5.56 Å². The van der Waals surface area contributed by atoms with Crippen LogP contribution in [-0.2, 0) is 63.7 Å². The lowest BCUT2D eigenvalue weighted by molar-refractivity contribution is -0.142. The summed E-state index contributed by atoms with van der Waals surface area (Å²) in [6, 6.07) is 9.35. The van der Waals surface area contributed by atoms with Crippen LogP contribution in [0, 0.1) is 35.5 Å². The van der Waals surface area contributed by atoms with Crippen LogP contribution in [0.2, 0.25) is 0 Å². The van der Waals surface area contributed by atoms with Gasteiger partial charge in [0, 0.05) is 96.8 Å². The number of fused-ring (bicyclic) bond motifs is 3. The first-order chi connectivity index (χ1) is 31.6. The number of carbonyl (C=O) groups excluding carboxylic acids is 8. The van der Waals surface area contributed by atoms with Crippen LogP contribution in [-0.4, -0.2) is 79.2 Å². The highest BCUT2D eigenvalue weighted by Gasteiger charge is 2.37. The van der Waals surface area contributed by atoms with Gasteiger partial charge in [0.05, 0.1) is 12.5 Å². The maximum atomic E-state index is 12.5. The van der Waals surface area contributed by atoms with Crippen molar-refractivity contribution in [2.24, 2.45) is 35.5 Å². The molecule has 0 radical (unpaired) electrons. The maximum absolute atomic E-state index is 12.5. The highest BCUT2D eigenvalue weighted by Crippen LogP contribution is 2.40.